The summed E-state index contributed by atoms with van der Waals surface area (Å²) in [5, 5.41) is 9.90. The maximum atomic E-state index is 13.0. The number of likely N-dealkylation sites (N-methyl/N-ethyl adjacent to an activating group) is 1. The van der Waals surface area contributed by atoms with E-state index in [2.05, 4.69) is 40.1 Å². The molecule has 38 heavy (non-hydrogen) atoms. The first-order valence-corrected chi connectivity index (χ1v) is 13.2. The molecular weight excluding hydrogens is 478 g/mol. The lowest BCUT2D eigenvalue weighted by molar-refractivity contribution is -0.128. The number of pyridine rings is 1. The number of ether oxygens (including phenoxy) is 1. The molecule has 2 aliphatic rings. The Morgan fingerprint density at radius 2 is 1.82 bits per heavy atom. The molecule has 1 aromatic carbocycles. The van der Waals surface area contributed by atoms with Crippen molar-refractivity contribution in [3.05, 3.63) is 76.9 Å². The zero-order valence-electron chi connectivity index (χ0n) is 22.4. The predicted molar refractivity (Wildman–Crippen MR) is 147 cm³/mol. The molecule has 3 aromatic rings. The Morgan fingerprint density at radius 1 is 1.03 bits per heavy atom. The highest BCUT2D eigenvalue weighted by Gasteiger charge is 2.25. The lowest BCUT2D eigenvalue weighted by atomic mass is 10.0. The highest BCUT2D eigenvalue weighted by molar-refractivity contribution is 6.00. The van der Waals surface area contributed by atoms with Crippen molar-refractivity contribution in [1.29, 1.82) is 0 Å². The van der Waals surface area contributed by atoms with Gasteiger partial charge in [-0.2, -0.15) is 0 Å². The zero-order valence-corrected chi connectivity index (χ0v) is 22.4. The standard InChI is InChI=1S/C30H35N5O3/c1-30(2,37)8-15-38-25-6-9-31-27(20-25)26-7-10-32-28(33-26)17-21-4-5-22-18-24(19-23(22)16-21)29(36)35-13-11-34(3)12-14-35/h4-7,9-10,16,19-20,37H,8,11-15,17-18H2,1-3H3. The van der Waals surface area contributed by atoms with E-state index in [4.69, 9.17) is 9.72 Å². The van der Waals surface area contributed by atoms with E-state index in [-0.39, 0.29) is 5.91 Å². The Hall–Kier alpha value is -3.62. The molecule has 0 unspecified atom stereocenters. The summed E-state index contributed by atoms with van der Waals surface area (Å²) in [7, 11) is 2.09. The van der Waals surface area contributed by atoms with E-state index < -0.39 is 5.60 Å². The van der Waals surface area contributed by atoms with Crippen LogP contribution in [-0.4, -0.2) is 81.2 Å². The SMILES string of the molecule is CN1CCN(C(=O)C2=Cc3cc(Cc4nccc(-c5cc(OCCC(C)(C)O)ccn5)n4)ccc3C2)CC1. The summed E-state index contributed by atoms with van der Waals surface area (Å²) in [6, 6.07) is 11.9. The number of piperazine rings is 1. The summed E-state index contributed by atoms with van der Waals surface area (Å²) >= 11 is 0. The van der Waals surface area contributed by atoms with Crippen molar-refractivity contribution in [3.63, 3.8) is 0 Å². The van der Waals surface area contributed by atoms with Crippen LogP contribution < -0.4 is 4.74 Å². The highest BCUT2D eigenvalue weighted by atomic mass is 16.5. The summed E-state index contributed by atoms with van der Waals surface area (Å²) in [5.41, 5.74) is 4.92. The van der Waals surface area contributed by atoms with Crippen molar-refractivity contribution >= 4 is 12.0 Å². The van der Waals surface area contributed by atoms with Crippen LogP contribution in [0, 0.1) is 0 Å². The number of fused-ring (bicyclic) bond motifs is 1. The monoisotopic (exact) mass is 513 g/mol. The summed E-state index contributed by atoms with van der Waals surface area (Å²) in [6.07, 6.45) is 7.30. The van der Waals surface area contributed by atoms with E-state index in [9.17, 15) is 9.90 Å². The van der Waals surface area contributed by atoms with Crippen molar-refractivity contribution in [3.8, 4) is 17.1 Å². The molecule has 0 radical (unpaired) electrons. The fourth-order valence-corrected chi connectivity index (χ4v) is 4.71. The minimum Gasteiger partial charge on any atom is -0.493 e. The summed E-state index contributed by atoms with van der Waals surface area (Å²) < 4.78 is 5.80. The minimum atomic E-state index is -0.771. The van der Waals surface area contributed by atoms with Crippen molar-refractivity contribution in [2.45, 2.75) is 38.7 Å². The Bertz CT molecular complexity index is 1340. The smallest absolute Gasteiger partial charge is 0.250 e. The van der Waals surface area contributed by atoms with Gasteiger partial charge in [-0.3, -0.25) is 9.78 Å². The second kappa shape index (κ2) is 11.0. The fraction of sp³-hybridized carbons (Fsp3) is 0.400. The number of carbonyl (C=O) groups excluding carboxylic acids is 1. The molecule has 1 aliphatic heterocycles. The predicted octanol–water partition coefficient (Wildman–Crippen LogP) is 3.38. The lowest BCUT2D eigenvalue weighted by Gasteiger charge is -2.32. The van der Waals surface area contributed by atoms with Crippen LogP contribution in [0.25, 0.3) is 17.5 Å². The third-order valence-electron chi connectivity index (χ3n) is 7.03. The Morgan fingerprint density at radius 3 is 2.61 bits per heavy atom. The molecule has 8 heteroatoms. The highest BCUT2D eigenvalue weighted by Crippen LogP contribution is 2.28. The van der Waals surface area contributed by atoms with Gasteiger partial charge in [0.15, 0.2) is 0 Å². The summed E-state index contributed by atoms with van der Waals surface area (Å²) in [6.45, 7) is 7.35. The molecule has 1 N–H and O–H groups in total. The molecule has 1 aliphatic carbocycles. The van der Waals surface area contributed by atoms with E-state index in [1.165, 1.54) is 5.56 Å². The Balaban J connectivity index is 1.26. The minimum absolute atomic E-state index is 0.158. The molecule has 198 valence electrons. The Labute approximate surface area is 224 Å². The van der Waals surface area contributed by atoms with Crippen molar-refractivity contribution in [1.82, 2.24) is 24.8 Å². The van der Waals surface area contributed by atoms with Crippen LogP contribution in [0.4, 0.5) is 0 Å². The molecule has 2 aromatic heterocycles. The Kier molecular flexibility index (Phi) is 7.53. The van der Waals surface area contributed by atoms with Gasteiger partial charge in [-0.25, -0.2) is 9.97 Å². The van der Waals surface area contributed by atoms with Crippen LogP contribution in [0.1, 0.15) is 42.8 Å². The van der Waals surface area contributed by atoms with Crippen molar-refractivity contribution < 1.29 is 14.6 Å². The van der Waals surface area contributed by atoms with Gasteiger partial charge in [0.1, 0.15) is 11.6 Å². The van der Waals surface area contributed by atoms with E-state index in [1.54, 1.807) is 32.3 Å². The number of aliphatic hydroxyl groups is 1. The number of rotatable bonds is 8. The number of benzene rings is 1. The van der Waals surface area contributed by atoms with Crippen LogP contribution in [-0.2, 0) is 17.6 Å². The average molecular weight is 514 g/mol. The topological polar surface area (TPSA) is 91.7 Å². The van der Waals surface area contributed by atoms with Crippen molar-refractivity contribution in [2.24, 2.45) is 0 Å². The zero-order chi connectivity index (χ0) is 26.7. The van der Waals surface area contributed by atoms with Crippen LogP contribution in [0.3, 0.4) is 0 Å². The maximum absolute atomic E-state index is 13.0. The van der Waals surface area contributed by atoms with Gasteiger partial charge in [0.2, 0.25) is 5.91 Å². The number of nitrogens with zero attached hydrogens (tertiary/aromatic N) is 5. The second-order valence-corrected chi connectivity index (χ2v) is 10.8. The molecule has 0 bridgehead atoms. The molecule has 1 fully saturated rings. The molecule has 1 saturated heterocycles. The molecular formula is C30H35N5O3. The molecule has 3 heterocycles. The second-order valence-electron chi connectivity index (χ2n) is 10.8. The quantitative estimate of drug-likeness (QED) is 0.494. The van der Waals surface area contributed by atoms with Gasteiger partial charge >= 0.3 is 0 Å². The van der Waals surface area contributed by atoms with Gasteiger partial charge in [-0.05, 0) is 55.8 Å². The number of aromatic nitrogens is 3. The normalized spacial score (nSPS) is 15.8. The van der Waals surface area contributed by atoms with Gasteiger partial charge in [0, 0.05) is 69.5 Å². The van der Waals surface area contributed by atoms with Crippen LogP contribution >= 0.6 is 0 Å². The molecule has 0 atom stereocenters. The van der Waals surface area contributed by atoms with Gasteiger partial charge in [0.25, 0.3) is 0 Å². The van der Waals surface area contributed by atoms with E-state index in [0.29, 0.717) is 43.1 Å². The molecule has 5 rings (SSSR count). The number of hydrogen-bond acceptors (Lipinski definition) is 7. The van der Waals surface area contributed by atoms with Gasteiger partial charge in [0.05, 0.1) is 23.6 Å². The lowest BCUT2D eigenvalue weighted by Crippen LogP contribution is -2.47. The number of carbonyl (C=O) groups is 1. The van der Waals surface area contributed by atoms with Crippen molar-refractivity contribution in [2.75, 3.05) is 39.8 Å². The average Bonchev–Trinajstić information content (AvgIpc) is 3.32. The first-order chi connectivity index (χ1) is 18.2. The van der Waals surface area contributed by atoms with Gasteiger partial charge in [-0.15, -0.1) is 0 Å². The molecule has 0 saturated carbocycles. The summed E-state index contributed by atoms with van der Waals surface area (Å²) in [5.74, 6) is 1.55. The third kappa shape index (κ3) is 6.44. The van der Waals surface area contributed by atoms with E-state index >= 15 is 0 Å². The third-order valence-corrected chi connectivity index (χ3v) is 7.03. The summed E-state index contributed by atoms with van der Waals surface area (Å²) in [4.78, 5) is 31.0. The van der Waals surface area contributed by atoms with E-state index in [1.807, 2.05) is 23.1 Å². The first-order valence-electron chi connectivity index (χ1n) is 13.2. The molecule has 0 spiro atoms. The maximum Gasteiger partial charge on any atom is 0.250 e. The van der Waals surface area contributed by atoms with Crippen LogP contribution in [0.5, 0.6) is 5.75 Å². The van der Waals surface area contributed by atoms with Crippen LogP contribution in [0.15, 0.2) is 54.4 Å². The number of hydrogen-bond donors (Lipinski definition) is 1. The molecule has 8 nitrogen and oxygen atoms in total. The first kappa shape index (κ1) is 26.0. The molecule has 1 amide bonds. The van der Waals surface area contributed by atoms with Gasteiger partial charge < -0.3 is 19.6 Å². The van der Waals surface area contributed by atoms with E-state index in [0.717, 1.165) is 48.6 Å². The number of amides is 1. The largest absolute Gasteiger partial charge is 0.493 e. The fourth-order valence-electron chi connectivity index (χ4n) is 4.71. The van der Waals surface area contributed by atoms with Gasteiger partial charge in [-0.1, -0.05) is 18.2 Å². The van der Waals surface area contributed by atoms with Crippen LogP contribution in [0.2, 0.25) is 0 Å².